The summed E-state index contributed by atoms with van der Waals surface area (Å²) in [5.41, 5.74) is 5.79. The van der Waals surface area contributed by atoms with Crippen LogP contribution in [0.5, 0.6) is 0 Å². The number of fused-ring (bicyclic) bond motifs is 1. The zero-order chi connectivity index (χ0) is 23.5. The number of aromatic amines is 1. The van der Waals surface area contributed by atoms with Gasteiger partial charge < -0.3 is 4.90 Å². The van der Waals surface area contributed by atoms with E-state index in [2.05, 4.69) is 51.1 Å². The maximum absolute atomic E-state index is 11.8. The van der Waals surface area contributed by atoms with Crippen LogP contribution in [0, 0.1) is 5.92 Å². The Kier molecular flexibility index (Phi) is 6.45. The first-order valence-electron chi connectivity index (χ1n) is 12.1. The number of rotatable bonds is 6. The zero-order valence-electron chi connectivity index (χ0n) is 19.8. The van der Waals surface area contributed by atoms with Crippen LogP contribution in [0.4, 0.5) is 0 Å². The molecule has 1 atom stereocenters. The van der Waals surface area contributed by atoms with E-state index in [1.165, 1.54) is 23.6 Å². The molecule has 7 heteroatoms. The minimum atomic E-state index is 0.0511. The zero-order valence-corrected chi connectivity index (χ0v) is 19.8. The number of aryl methyl sites for hydroxylation is 1. The minimum absolute atomic E-state index is 0.0511. The van der Waals surface area contributed by atoms with Crippen LogP contribution < -0.4 is 0 Å². The van der Waals surface area contributed by atoms with Crippen LogP contribution in [-0.4, -0.2) is 68.4 Å². The molecule has 2 aromatic heterocycles. The number of H-pyrrole nitrogens is 1. The van der Waals surface area contributed by atoms with Crippen LogP contribution >= 0.6 is 0 Å². The van der Waals surface area contributed by atoms with E-state index < -0.39 is 0 Å². The number of carbonyl (C=O) groups excluding carboxylic acids is 1. The number of nitrogens with zero attached hydrogens (tertiary/aromatic N) is 5. The summed E-state index contributed by atoms with van der Waals surface area (Å²) in [6.45, 7) is 8.24. The van der Waals surface area contributed by atoms with Gasteiger partial charge in [0.25, 0.3) is 0 Å². The average molecular weight is 457 g/mol. The average Bonchev–Trinajstić information content (AvgIpc) is 3.48. The topological polar surface area (TPSA) is 70.1 Å². The number of hydrogen-bond acceptors (Lipinski definition) is 4. The van der Waals surface area contributed by atoms with Gasteiger partial charge in [-0.1, -0.05) is 18.7 Å². The van der Waals surface area contributed by atoms with Gasteiger partial charge in [-0.2, -0.15) is 10.2 Å². The number of allylic oxidation sites excluding steroid dienone is 2. The molecule has 3 heterocycles. The molecule has 1 aromatic carbocycles. The van der Waals surface area contributed by atoms with E-state index in [1.54, 1.807) is 4.68 Å². The minimum Gasteiger partial charge on any atom is -0.337 e. The Hall–Kier alpha value is -3.45. The van der Waals surface area contributed by atoms with Crippen molar-refractivity contribution in [3.63, 3.8) is 0 Å². The molecule has 1 fully saturated rings. The van der Waals surface area contributed by atoms with Crippen molar-refractivity contribution in [2.24, 2.45) is 13.0 Å². The van der Waals surface area contributed by atoms with Gasteiger partial charge in [0.1, 0.15) is 0 Å². The molecular formula is C27H32N6O. The molecule has 1 saturated heterocycles. The Morgan fingerprint density at radius 1 is 1.24 bits per heavy atom. The Labute approximate surface area is 200 Å². The van der Waals surface area contributed by atoms with E-state index in [4.69, 9.17) is 0 Å². The smallest absolute Gasteiger partial charge is 0.246 e. The van der Waals surface area contributed by atoms with Gasteiger partial charge in [-0.3, -0.25) is 19.5 Å². The van der Waals surface area contributed by atoms with Gasteiger partial charge >= 0.3 is 0 Å². The molecule has 5 rings (SSSR count). The third kappa shape index (κ3) is 4.89. The molecular weight excluding hydrogens is 424 g/mol. The van der Waals surface area contributed by atoms with E-state index in [9.17, 15) is 4.79 Å². The lowest BCUT2D eigenvalue weighted by Crippen LogP contribution is -2.49. The first-order chi connectivity index (χ1) is 16.6. The monoisotopic (exact) mass is 456 g/mol. The summed E-state index contributed by atoms with van der Waals surface area (Å²) in [4.78, 5) is 16.2. The van der Waals surface area contributed by atoms with Gasteiger partial charge in [-0.15, -0.1) is 0 Å². The Morgan fingerprint density at radius 3 is 2.79 bits per heavy atom. The number of amides is 1. The van der Waals surface area contributed by atoms with E-state index in [0.717, 1.165) is 67.7 Å². The number of piperazine rings is 1. The number of benzene rings is 1. The van der Waals surface area contributed by atoms with Gasteiger partial charge in [0, 0.05) is 56.9 Å². The van der Waals surface area contributed by atoms with Crippen LogP contribution in [0.25, 0.3) is 28.6 Å². The maximum atomic E-state index is 11.8. The molecule has 0 radical (unpaired) electrons. The Bertz CT molecular complexity index is 1240. The highest BCUT2D eigenvalue weighted by molar-refractivity contribution is 5.91. The van der Waals surface area contributed by atoms with Gasteiger partial charge in [-0.25, -0.2) is 0 Å². The van der Waals surface area contributed by atoms with Crippen LogP contribution in [0.3, 0.4) is 0 Å². The van der Waals surface area contributed by atoms with Crippen molar-refractivity contribution in [2.75, 3.05) is 32.7 Å². The van der Waals surface area contributed by atoms with E-state index in [-0.39, 0.29) is 5.91 Å². The van der Waals surface area contributed by atoms with E-state index >= 15 is 0 Å². The summed E-state index contributed by atoms with van der Waals surface area (Å²) in [7, 11) is 1.92. The maximum Gasteiger partial charge on any atom is 0.246 e. The quantitative estimate of drug-likeness (QED) is 0.570. The lowest BCUT2D eigenvalue weighted by molar-refractivity contribution is -0.127. The van der Waals surface area contributed by atoms with E-state index in [1.807, 2.05) is 36.5 Å². The van der Waals surface area contributed by atoms with Crippen LogP contribution in [0.15, 0.2) is 49.3 Å². The lowest BCUT2D eigenvalue weighted by atomic mass is 9.86. The molecule has 7 nitrogen and oxygen atoms in total. The predicted molar refractivity (Wildman–Crippen MR) is 137 cm³/mol. The van der Waals surface area contributed by atoms with Crippen LogP contribution in [0.1, 0.15) is 36.1 Å². The summed E-state index contributed by atoms with van der Waals surface area (Å²) in [6, 6.07) is 6.61. The fraction of sp³-hybridized carbons (Fsp3) is 0.370. The lowest BCUT2D eigenvalue weighted by Gasteiger charge is -2.36. The number of carbonyl (C=O) groups is 1. The molecule has 3 aromatic rings. The highest BCUT2D eigenvalue weighted by atomic mass is 16.2. The second kappa shape index (κ2) is 9.81. The highest BCUT2D eigenvalue weighted by Crippen LogP contribution is 2.33. The van der Waals surface area contributed by atoms with Crippen molar-refractivity contribution >= 4 is 34.5 Å². The molecule has 1 unspecified atom stereocenters. The van der Waals surface area contributed by atoms with Crippen molar-refractivity contribution in [3.8, 4) is 0 Å². The number of hydrogen-bond donors (Lipinski definition) is 1. The summed E-state index contributed by atoms with van der Waals surface area (Å²) in [5.74, 6) is 0.733. The van der Waals surface area contributed by atoms with E-state index in [0.29, 0.717) is 5.92 Å². The molecule has 1 aliphatic heterocycles. The number of aromatic nitrogens is 4. The molecule has 2 aliphatic rings. The SMILES string of the molecule is C=CC(=O)N1CCN(CC2CC=C(c3ccc4[nH]nc(/C=C/c5cnn(C)c5)c4c3)CC2)CC1. The normalized spacial score (nSPS) is 19.6. The van der Waals surface area contributed by atoms with Crippen molar-refractivity contribution in [2.45, 2.75) is 19.3 Å². The van der Waals surface area contributed by atoms with Crippen molar-refractivity contribution in [1.29, 1.82) is 0 Å². The first kappa shape index (κ1) is 22.3. The molecule has 176 valence electrons. The molecule has 1 amide bonds. The second-order valence-electron chi connectivity index (χ2n) is 9.35. The van der Waals surface area contributed by atoms with Crippen molar-refractivity contribution < 1.29 is 4.79 Å². The largest absolute Gasteiger partial charge is 0.337 e. The molecule has 0 bridgehead atoms. The molecule has 0 spiro atoms. The predicted octanol–water partition coefficient (Wildman–Crippen LogP) is 3.98. The van der Waals surface area contributed by atoms with Gasteiger partial charge in [0.15, 0.2) is 0 Å². The fourth-order valence-corrected chi connectivity index (χ4v) is 5.02. The molecule has 0 saturated carbocycles. The first-order valence-corrected chi connectivity index (χ1v) is 12.1. The number of nitrogens with one attached hydrogen (secondary N) is 1. The van der Waals surface area contributed by atoms with Gasteiger partial charge in [-0.05, 0) is 66.7 Å². The standard InChI is InChI=1S/C27H32N6O/c1-3-27(34)33-14-12-32(13-15-33)19-20-4-7-22(8-5-20)23-9-11-26-24(16-23)25(29-30-26)10-6-21-17-28-31(2)18-21/h3,6-7,9-11,16-18,20H,1,4-5,8,12-15,19H2,2H3,(H,29,30)/b10-6+. The summed E-state index contributed by atoms with van der Waals surface area (Å²) < 4.78 is 1.80. The highest BCUT2D eigenvalue weighted by Gasteiger charge is 2.23. The van der Waals surface area contributed by atoms with Crippen molar-refractivity contribution in [1.82, 2.24) is 29.8 Å². The van der Waals surface area contributed by atoms with Gasteiger partial charge in [0.2, 0.25) is 5.91 Å². The molecule has 34 heavy (non-hydrogen) atoms. The molecule has 1 aliphatic carbocycles. The Balaban J connectivity index is 1.22. The molecule has 1 N–H and O–H groups in total. The van der Waals surface area contributed by atoms with Crippen molar-refractivity contribution in [3.05, 3.63) is 66.1 Å². The third-order valence-electron chi connectivity index (χ3n) is 7.02. The third-order valence-corrected chi connectivity index (χ3v) is 7.02. The fourth-order valence-electron chi connectivity index (χ4n) is 5.02. The Morgan fingerprint density at radius 2 is 2.09 bits per heavy atom. The van der Waals surface area contributed by atoms with Crippen LogP contribution in [0.2, 0.25) is 0 Å². The van der Waals surface area contributed by atoms with Crippen LogP contribution in [-0.2, 0) is 11.8 Å². The summed E-state index contributed by atoms with van der Waals surface area (Å²) >= 11 is 0. The summed E-state index contributed by atoms with van der Waals surface area (Å²) in [6.07, 6.45) is 15.2. The summed E-state index contributed by atoms with van der Waals surface area (Å²) in [5, 5.41) is 13.0. The van der Waals surface area contributed by atoms with Gasteiger partial charge in [0.05, 0.1) is 17.4 Å². The second-order valence-corrected chi connectivity index (χ2v) is 9.35.